The van der Waals surface area contributed by atoms with Crippen LogP contribution in [0.25, 0.3) is 0 Å². The number of pyridine rings is 1. The number of benzene rings is 1. The standard InChI is InChI=1S/C22H24F2N4O4S/c1-22(2,3)18-9-8-17(32-4)21(26-18)33(30,31)27-20(29)14-6-7-15(16(12-14)19(23)24)13-28-11-5-10-25-28/h5-12,19H,13H2,1-4H3,(H,27,29). The van der Waals surface area contributed by atoms with Crippen molar-refractivity contribution in [1.29, 1.82) is 0 Å². The van der Waals surface area contributed by atoms with E-state index in [9.17, 15) is 22.0 Å². The second-order valence-electron chi connectivity index (χ2n) is 8.31. The Morgan fingerprint density at radius 2 is 1.94 bits per heavy atom. The molecule has 0 bridgehead atoms. The molecule has 8 nitrogen and oxygen atoms in total. The monoisotopic (exact) mass is 478 g/mol. The van der Waals surface area contributed by atoms with Crippen molar-refractivity contribution in [3.63, 3.8) is 0 Å². The molecule has 0 aliphatic rings. The maximum Gasteiger partial charge on any atom is 0.285 e. The van der Waals surface area contributed by atoms with Crippen molar-refractivity contribution in [2.45, 2.75) is 44.2 Å². The highest BCUT2D eigenvalue weighted by Crippen LogP contribution is 2.28. The Labute approximate surface area is 190 Å². The molecule has 3 aromatic rings. The molecule has 1 aromatic carbocycles. The third kappa shape index (κ3) is 5.54. The Morgan fingerprint density at radius 3 is 2.52 bits per heavy atom. The molecule has 0 aliphatic heterocycles. The molecule has 0 atom stereocenters. The molecular formula is C22H24F2N4O4S. The largest absolute Gasteiger partial charge is 0.494 e. The molecule has 0 radical (unpaired) electrons. The van der Waals surface area contributed by atoms with Crippen LogP contribution in [0, 0.1) is 0 Å². The molecule has 33 heavy (non-hydrogen) atoms. The Bertz CT molecular complexity index is 1250. The highest BCUT2D eigenvalue weighted by molar-refractivity contribution is 7.90. The van der Waals surface area contributed by atoms with Gasteiger partial charge in [0.05, 0.1) is 13.7 Å². The highest BCUT2D eigenvalue weighted by Gasteiger charge is 2.28. The number of nitrogens with one attached hydrogen (secondary N) is 1. The van der Waals surface area contributed by atoms with Crippen LogP contribution in [0.3, 0.4) is 0 Å². The van der Waals surface area contributed by atoms with Crippen LogP contribution < -0.4 is 9.46 Å². The van der Waals surface area contributed by atoms with Gasteiger partial charge in [-0.2, -0.15) is 13.5 Å². The van der Waals surface area contributed by atoms with Crippen molar-refractivity contribution < 1.29 is 26.7 Å². The zero-order chi connectivity index (χ0) is 24.4. The van der Waals surface area contributed by atoms with Gasteiger partial charge in [-0.1, -0.05) is 26.8 Å². The lowest BCUT2D eigenvalue weighted by molar-refractivity contribution is 0.0980. The van der Waals surface area contributed by atoms with Gasteiger partial charge in [0.2, 0.25) is 5.03 Å². The third-order valence-corrected chi connectivity index (χ3v) is 6.09. The molecular weight excluding hydrogens is 454 g/mol. The number of rotatable bonds is 7. The Kier molecular flexibility index (Phi) is 6.82. The lowest BCUT2D eigenvalue weighted by Crippen LogP contribution is -2.32. The maximum atomic E-state index is 13.7. The van der Waals surface area contributed by atoms with Gasteiger partial charge in [0.25, 0.3) is 22.4 Å². The summed E-state index contributed by atoms with van der Waals surface area (Å²) in [6.07, 6.45) is 0.269. The van der Waals surface area contributed by atoms with E-state index in [0.29, 0.717) is 5.69 Å². The number of aromatic nitrogens is 3. The average molecular weight is 479 g/mol. The lowest BCUT2D eigenvalue weighted by Gasteiger charge is -2.19. The highest BCUT2D eigenvalue weighted by atomic mass is 32.2. The number of amides is 1. The van der Waals surface area contributed by atoms with Crippen molar-refractivity contribution in [3.8, 4) is 5.75 Å². The molecule has 11 heteroatoms. The Balaban J connectivity index is 1.92. The van der Waals surface area contributed by atoms with Crippen molar-refractivity contribution in [2.24, 2.45) is 0 Å². The zero-order valence-corrected chi connectivity index (χ0v) is 19.4. The van der Waals surface area contributed by atoms with E-state index < -0.39 is 32.8 Å². The van der Waals surface area contributed by atoms with E-state index >= 15 is 0 Å². The van der Waals surface area contributed by atoms with Crippen LogP contribution in [0.15, 0.2) is 53.8 Å². The molecule has 2 heterocycles. The summed E-state index contributed by atoms with van der Waals surface area (Å²) in [6, 6.07) is 8.35. The number of alkyl halides is 2. The first kappa shape index (κ1) is 24.3. The van der Waals surface area contributed by atoms with Crippen LogP contribution in [0.2, 0.25) is 0 Å². The predicted octanol–water partition coefficient (Wildman–Crippen LogP) is 3.69. The molecule has 0 unspecified atom stereocenters. The lowest BCUT2D eigenvalue weighted by atomic mass is 9.92. The fourth-order valence-electron chi connectivity index (χ4n) is 3.07. The van der Waals surface area contributed by atoms with Crippen LogP contribution in [0.4, 0.5) is 8.78 Å². The van der Waals surface area contributed by atoms with E-state index in [2.05, 4.69) is 10.1 Å². The minimum atomic E-state index is -4.45. The van der Waals surface area contributed by atoms with Crippen molar-refractivity contribution >= 4 is 15.9 Å². The van der Waals surface area contributed by atoms with Gasteiger partial charge in [-0.15, -0.1) is 0 Å². The SMILES string of the molecule is COc1ccc(C(C)(C)C)nc1S(=O)(=O)NC(=O)c1ccc(Cn2cccn2)c(C(F)F)c1. The van der Waals surface area contributed by atoms with E-state index in [1.54, 1.807) is 18.3 Å². The summed E-state index contributed by atoms with van der Waals surface area (Å²) in [5, 5.41) is 3.52. The fourth-order valence-corrected chi connectivity index (χ4v) is 4.17. The molecule has 1 amide bonds. The van der Waals surface area contributed by atoms with E-state index in [4.69, 9.17) is 4.74 Å². The van der Waals surface area contributed by atoms with E-state index in [-0.39, 0.29) is 29.0 Å². The zero-order valence-electron chi connectivity index (χ0n) is 18.5. The van der Waals surface area contributed by atoms with Gasteiger partial charge in [0.15, 0.2) is 5.75 Å². The van der Waals surface area contributed by atoms with Gasteiger partial charge in [0.1, 0.15) is 0 Å². The molecule has 3 rings (SSSR count). The number of hydrogen-bond donors (Lipinski definition) is 1. The van der Waals surface area contributed by atoms with Gasteiger partial charge in [-0.3, -0.25) is 9.48 Å². The number of methoxy groups -OCH3 is 1. The summed E-state index contributed by atoms with van der Waals surface area (Å²) in [5.74, 6) is -1.11. The van der Waals surface area contributed by atoms with Crippen LogP contribution >= 0.6 is 0 Å². The summed E-state index contributed by atoms with van der Waals surface area (Å²) in [6.45, 7) is 5.64. The molecule has 0 saturated carbocycles. The molecule has 176 valence electrons. The molecule has 2 aromatic heterocycles. The summed E-state index contributed by atoms with van der Waals surface area (Å²) in [5.41, 5.74) is -0.352. The number of carbonyl (C=O) groups is 1. The average Bonchev–Trinajstić information content (AvgIpc) is 3.25. The van der Waals surface area contributed by atoms with Crippen molar-refractivity contribution in [1.82, 2.24) is 19.5 Å². The summed E-state index contributed by atoms with van der Waals surface area (Å²) in [4.78, 5) is 16.9. The minimum absolute atomic E-state index is 0.0499. The summed E-state index contributed by atoms with van der Waals surface area (Å²) >= 11 is 0. The van der Waals surface area contributed by atoms with Crippen LogP contribution in [-0.2, 0) is 22.0 Å². The van der Waals surface area contributed by atoms with Crippen LogP contribution in [-0.4, -0.2) is 36.2 Å². The Hall–Kier alpha value is -3.34. The third-order valence-electron chi connectivity index (χ3n) is 4.83. The molecule has 0 fully saturated rings. The smallest absolute Gasteiger partial charge is 0.285 e. The quantitative estimate of drug-likeness (QED) is 0.556. The number of ether oxygens (including phenoxy) is 1. The van der Waals surface area contributed by atoms with Gasteiger partial charge in [0, 0.05) is 34.6 Å². The Morgan fingerprint density at radius 1 is 1.21 bits per heavy atom. The second-order valence-corrected chi connectivity index (χ2v) is 9.90. The van der Waals surface area contributed by atoms with Crippen LogP contribution in [0.1, 0.15) is 54.4 Å². The normalized spacial score (nSPS) is 12.1. The summed E-state index contributed by atoms with van der Waals surface area (Å²) < 4.78 is 61.6. The first-order valence-corrected chi connectivity index (χ1v) is 11.4. The first-order chi connectivity index (χ1) is 15.4. The first-order valence-electron chi connectivity index (χ1n) is 9.93. The summed E-state index contributed by atoms with van der Waals surface area (Å²) in [7, 11) is -3.18. The predicted molar refractivity (Wildman–Crippen MR) is 117 cm³/mol. The van der Waals surface area contributed by atoms with Crippen LogP contribution in [0.5, 0.6) is 5.75 Å². The van der Waals surface area contributed by atoms with E-state index in [1.807, 2.05) is 25.5 Å². The number of carbonyl (C=O) groups excluding carboxylic acids is 1. The molecule has 0 spiro atoms. The number of nitrogens with zero attached hydrogens (tertiary/aromatic N) is 3. The van der Waals surface area contributed by atoms with Gasteiger partial charge in [-0.05, 0) is 35.9 Å². The van der Waals surface area contributed by atoms with Crippen molar-refractivity contribution in [2.75, 3.05) is 7.11 Å². The van der Waals surface area contributed by atoms with Gasteiger partial charge >= 0.3 is 0 Å². The molecule has 1 N–H and O–H groups in total. The molecule has 0 saturated heterocycles. The van der Waals surface area contributed by atoms with Gasteiger partial charge < -0.3 is 4.74 Å². The maximum absolute atomic E-state index is 13.7. The number of hydrogen-bond acceptors (Lipinski definition) is 6. The minimum Gasteiger partial charge on any atom is -0.494 e. The topological polar surface area (TPSA) is 103 Å². The second kappa shape index (κ2) is 9.26. The number of halogens is 2. The molecule has 0 aliphatic carbocycles. The van der Waals surface area contributed by atoms with E-state index in [0.717, 1.165) is 6.07 Å². The van der Waals surface area contributed by atoms with Crippen molar-refractivity contribution in [3.05, 3.63) is 71.2 Å². The number of sulfonamides is 1. The fraction of sp³-hybridized carbons (Fsp3) is 0.318. The van der Waals surface area contributed by atoms with E-state index in [1.165, 1.54) is 36.2 Å². The van der Waals surface area contributed by atoms with Gasteiger partial charge in [-0.25, -0.2) is 18.5 Å².